The van der Waals surface area contributed by atoms with Gasteiger partial charge in [0.2, 0.25) is 5.91 Å². The third-order valence-electron chi connectivity index (χ3n) is 4.88. The highest BCUT2D eigenvalue weighted by molar-refractivity contribution is 7.99. The van der Waals surface area contributed by atoms with Gasteiger partial charge in [0, 0.05) is 19.1 Å². The van der Waals surface area contributed by atoms with E-state index in [1.165, 1.54) is 18.2 Å². The van der Waals surface area contributed by atoms with Gasteiger partial charge in [0.05, 0.1) is 16.7 Å². The van der Waals surface area contributed by atoms with Crippen molar-refractivity contribution < 1.29 is 4.79 Å². The Morgan fingerprint density at radius 3 is 2.96 bits per heavy atom. The van der Waals surface area contributed by atoms with E-state index in [0.717, 1.165) is 25.8 Å². The number of nitrogens with zero attached hydrogens (tertiary/aromatic N) is 3. The van der Waals surface area contributed by atoms with Crippen LogP contribution in [-0.2, 0) is 11.3 Å². The lowest BCUT2D eigenvalue weighted by Gasteiger charge is -2.35. The van der Waals surface area contributed by atoms with Crippen molar-refractivity contribution in [2.75, 3.05) is 12.3 Å². The van der Waals surface area contributed by atoms with Gasteiger partial charge in [0.25, 0.3) is 5.56 Å². The number of carbonyl (C=O) groups is 1. The van der Waals surface area contributed by atoms with Crippen LogP contribution in [0.5, 0.6) is 0 Å². The lowest BCUT2D eigenvalue weighted by atomic mass is 10.0. The zero-order valence-electron chi connectivity index (χ0n) is 15.2. The van der Waals surface area contributed by atoms with Crippen LogP contribution in [0.15, 0.2) is 46.9 Å². The van der Waals surface area contributed by atoms with Gasteiger partial charge in [-0.3, -0.25) is 14.2 Å². The van der Waals surface area contributed by atoms with Crippen molar-refractivity contribution in [2.45, 2.75) is 50.4 Å². The van der Waals surface area contributed by atoms with Gasteiger partial charge in [-0.1, -0.05) is 36.9 Å². The molecule has 1 amide bonds. The molecule has 2 aromatic rings. The van der Waals surface area contributed by atoms with Crippen LogP contribution in [0, 0.1) is 0 Å². The number of allylic oxidation sites excluding steroid dienone is 1. The number of hydrogen-bond donors (Lipinski definition) is 0. The lowest BCUT2D eigenvalue weighted by molar-refractivity contribution is -0.132. The molecule has 6 heteroatoms. The summed E-state index contributed by atoms with van der Waals surface area (Å²) < 4.78 is 1.60. The minimum atomic E-state index is -0.0881. The average Bonchev–Trinajstić information content (AvgIpc) is 2.68. The van der Waals surface area contributed by atoms with Gasteiger partial charge >= 0.3 is 0 Å². The van der Waals surface area contributed by atoms with Crippen molar-refractivity contribution in [1.29, 1.82) is 0 Å². The maximum Gasteiger partial charge on any atom is 0.262 e. The smallest absolute Gasteiger partial charge is 0.262 e. The first-order valence-corrected chi connectivity index (χ1v) is 10.2. The maximum atomic E-state index is 12.8. The minimum absolute atomic E-state index is 0.0881. The van der Waals surface area contributed by atoms with E-state index in [0.29, 0.717) is 34.4 Å². The number of amides is 1. The zero-order valence-corrected chi connectivity index (χ0v) is 16.0. The molecule has 0 radical (unpaired) electrons. The molecule has 1 aromatic heterocycles. The van der Waals surface area contributed by atoms with Crippen LogP contribution in [0.1, 0.15) is 32.6 Å². The Hall–Kier alpha value is -2.08. The van der Waals surface area contributed by atoms with Gasteiger partial charge < -0.3 is 4.90 Å². The summed E-state index contributed by atoms with van der Waals surface area (Å²) in [7, 11) is 0. The number of piperidine rings is 1. The summed E-state index contributed by atoms with van der Waals surface area (Å²) in [6, 6.07) is 7.66. The summed E-state index contributed by atoms with van der Waals surface area (Å²) in [4.78, 5) is 32.1. The molecule has 1 aliphatic rings. The molecule has 3 rings (SSSR count). The predicted octanol–water partition coefficient (Wildman–Crippen LogP) is 3.47. The van der Waals surface area contributed by atoms with Crippen LogP contribution < -0.4 is 5.56 Å². The van der Waals surface area contributed by atoms with Crippen LogP contribution in [0.3, 0.4) is 0 Å². The molecule has 26 heavy (non-hydrogen) atoms. The number of para-hydroxylation sites is 1. The van der Waals surface area contributed by atoms with Gasteiger partial charge in [-0.25, -0.2) is 4.98 Å². The monoisotopic (exact) mass is 371 g/mol. The third kappa shape index (κ3) is 3.85. The number of likely N-dealkylation sites (tertiary alicyclic amines) is 1. The quantitative estimate of drug-likeness (QED) is 0.443. The Morgan fingerprint density at radius 1 is 1.38 bits per heavy atom. The van der Waals surface area contributed by atoms with Gasteiger partial charge in [-0.05, 0) is 37.8 Å². The molecule has 1 aromatic carbocycles. The molecule has 0 unspecified atom stereocenters. The fourth-order valence-electron chi connectivity index (χ4n) is 3.51. The van der Waals surface area contributed by atoms with Crippen molar-refractivity contribution in [2.24, 2.45) is 0 Å². The van der Waals surface area contributed by atoms with Crippen molar-refractivity contribution in [3.8, 4) is 0 Å². The largest absolute Gasteiger partial charge is 0.339 e. The molecule has 1 fully saturated rings. The number of aromatic nitrogens is 2. The molecule has 1 saturated heterocycles. The summed E-state index contributed by atoms with van der Waals surface area (Å²) in [5.74, 6) is 0.437. The second-order valence-electron chi connectivity index (χ2n) is 6.55. The Kier molecular flexibility index (Phi) is 6.14. The van der Waals surface area contributed by atoms with Crippen LogP contribution in [0.25, 0.3) is 10.9 Å². The number of carbonyl (C=O) groups excluding carboxylic acids is 1. The Labute approximate surface area is 158 Å². The van der Waals surface area contributed by atoms with Crippen LogP contribution in [0.4, 0.5) is 0 Å². The Bertz CT molecular complexity index is 862. The zero-order chi connectivity index (χ0) is 18.5. The molecule has 1 aliphatic heterocycles. The number of thioether (sulfide) groups is 1. The first kappa shape index (κ1) is 18.7. The summed E-state index contributed by atoms with van der Waals surface area (Å²) in [6.07, 6.45) is 6.03. The summed E-state index contributed by atoms with van der Waals surface area (Å²) in [5, 5.41) is 1.17. The molecule has 138 valence electrons. The van der Waals surface area contributed by atoms with E-state index in [1.807, 2.05) is 23.1 Å². The molecular weight excluding hydrogens is 346 g/mol. The Balaban J connectivity index is 1.83. The average molecular weight is 372 g/mol. The van der Waals surface area contributed by atoms with E-state index in [-0.39, 0.29) is 11.5 Å². The molecule has 0 bridgehead atoms. The first-order valence-electron chi connectivity index (χ1n) is 9.18. The first-order chi connectivity index (χ1) is 12.7. The third-order valence-corrected chi connectivity index (χ3v) is 5.84. The van der Waals surface area contributed by atoms with E-state index >= 15 is 0 Å². The van der Waals surface area contributed by atoms with Crippen molar-refractivity contribution in [3.63, 3.8) is 0 Å². The van der Waals surface area contributed by atoms with Gasteiger partial charge in [-0.2, -0.15) is 0 Å². The SMILES string of the molecule is C=CCn1c(SCC(=O)N2CCCC[C@H]2CC)nc2ccccc2c1=O. The topological polar surface area (TPSA) is 55.2 Å². The maximum absolute atomic E-state index is 12.8. The normalized spacial score (nSPS) is 17.4. The minimum Gasteiger partial charge on any atom is -0.339 e. The number of rotatable bonds is 6. The van der Waals surface area contributed by atoms with Crippen molar-refractivity contribution >= 4 is 28.6 Å². The van der Waals surface area contributed by atoms with E-state index in [1.54, 1.807) is 16.7 Å². The van der Waals surface area contributed by atoms with Crippen molar-refractivity contribution in [3.05, 3.63) is 47.3 Å². The highest BCUT2D eigenvalue weighted by Gasteiger charge is 2.25. The second-order valence-corrected chi connectivity index (χ2v) is 7.49. The molecule has 1 atom stereocenters. The van der Waals surface area contributed by atoms with Gasteiger partial charge in [0.15, 0.2) is 5.16 Å². The molecule has 0 saturated carbocycles. The van der Waals surface area contributed by atoms with Crippen LogP contribution in [0.2, 0.25) is 0 Å². The van der Waals surface area contributed by atoms with E-state index in [4.69, 9.17) is 0 Å². The molecule has 0 spiro atoms. The fraction of sp³-hybridized carbons (Fsp3) is 0.450. The molecule has 2 heterocycles. The molecule has 5 nitrogen and oxygen atoms in total. The van der Waals surface area contributed by atoms with Crippen molar-refractivity contribution in [1.82, 2.24) is 14.5 Å². The van der Waals surface area contributed by atoms with E-state index in [2.05, 4.69) is 18.5 Å². The number of benzene rings is 1. The lowest BCUT2D eigenvalue weighted by Crippen LogP contribution is -2.44. The highest BCUT2D eigenvalue weighted by Crippen LogP contribution is 2.23. The van der Waals surface area contributed by atoms with Gasteiger partial charge in [0.1, 0.15) is 0 Å². The Morgan fingerprint density at radius 2 is 2.19 bits per heavy atom. The van der Waals surface area contributed by atoms with Crippen LogP contribution in [-0.4, -0.2) is 38.7 Å². The number of fused-ring (bicyclic) bond motifs is 1. The predicted molar refractivity (Wildman–Crippen MR) is 107 cm³/mol. The number of hydrogen-bond acceptors (Lipinski definition) is 4. The summed E-state index contributed by atoms with van der Waals surface area (Å²) in [5.41, 5.74) is 0.576. The van der Waals surface area contributed by atoms with Crippen LogP contribution >= 0.6 is 11.8 Å². The van der Waals surface area contributed by atoms with E-state index in [9.17, 15) is 9.59 Å². The van der Waals surface area contributed by atoms with Gasteiger partial charge in [-0.15, -0.1) is 6.58 Å². The second kappa shape index (κ2) is 8.54. The van der Waals surface area contributed by atoms with E-state index < -0.39 is 0 Å². The summed E-state index contributed by atoms with van der Waals surface area (Å²) >= 11 is 1.34. The summed E-state index contributed by atoms with van der Waals surface area (Å²) in [6.45, 7) is 7.09. The molecular formula is C20H25N3O2S. The molecule has 0 aliphatic carbocycles. The highest BCUT2D eigenvalue weighted by atomic mass is 32.2. The standard InChI is InChI=1S/C20H25N3O2S/c1-3-12-23-19(25)16-10-5-6-11-17(16)21-20(23)26-14-18(24)22-13-8-7-9-15(22)4-2/h3,5-6,10-11,15H,1,4,7-9,12-14H2,2H3/t15-/m1/s1. The fourth-order valence-corrected chi connectivity index (χ4v) is 4.41. The molecule has 0 N–H and O–H groups in total.